The molecule has 0 bridgehead atoms. The molecule has 0 saturated carbocycles. The van der Waals surface area contributed by atoms with Crippen molar-refractivity contribution in [1.29, 1.82) is 0 Å². The summed E-state index contributed by atoms with van der Waals surface area (Å²) in [7, 11) is 0. The highest BCUT2D eigenvalue weighted by Crippen LogP contribution is 2.28. The number of amides is 1. The second-order valence-electron chi connectivity index (χ2n) is 7.16. The van der Waals surface area contributed by atoms with Crippen molar-refractivity contribution in [3.8, 4) is 11.3 Å². The van der Waals surface area contributed by atoms with Crippen LogP contribution in [0, 0.1) is 18.7 Å². The fraction of sp³-hybridized carbons (Fsp3) is 0.300. The zero-order valence-electron chi connectivity index (χ0n) is 15.4. The van der Waals surface area contributed by atoms with Gasteiger partial charge in [-0.25, -0.2) is 14.8 Å². The van der Waals surface area contributed by atoms with Gasteiger partial charge in [-0.1, -0.05) is 19.1 Å². The van der Waals surface area contributed by atoms with Crippen molar-refractivity contribution >= 4 is 22.6 Å². The number of carbonyl (C=O) groups excluding carboxylic acids is 1. The predicted octanol–water partition coefficient (Wildman–Crippen LogP) is 3.12. The van der Waals surface area contributed by atoms with Crippen molar-refractivity contribution in [2.75, 3.05) is 5.32 Å². The zero-order valence-corrected chi connectivity index (χ0v) is 15.4. The number of hydrazine groups is 1. The molecule has 3 atom stereocenters. The van der Waals surface area contributed by atoms with Crippen LogP contribution in [0.15, 0.2) is 36.5 Å². The first-order chi connectivity index (χ1) is 12.9. The molecule has 140 valence electrons. The van der Waals surface area contributed by atoms with Crippen molar-refractivity contribution in [3.05, 3.63) is 47.9 Å². The Kier molecular flexibility index (Phi) is 4.41. The van der Waals surface area contributed by atoms with E-state index in [4.69, 9.17) is 0 Å². The van der Waals surface area contributed by atoms with E-state index in [1.165, 1.54) is 6.07 Å². The summed E-state index contributed by atoms with van der Waals surface area (Å²) in [5.74, 6) is -0.165. The SMILES string of the molecule is Cc1c(F)cccc1-c1cc2cc(NC(=O)C3NNC(C)C3C)cnc2[nH]1. The molecule has 4 rings (SSSR count). The fourth-order valence-electron chi connectivity index (χ4n) is 3.43. The molecule has 4 N–H and O–H groups in total. The van der Waals surface area contributed by atoms with Crippen molar-refractivity contribution in [3.63, 3.8) is 0 Å². The van der Waals surface area contributed by atoms with E-state index in [0.29, 0.717) is 16.9 Å². The summed E-state index contributed by atoms with van der Waals surface area (Å²) in [4.78, 5) is 20.1. The van der Waals surface area contributed by atoms with Gasteiger partial charge in [-0.2, -0.15) is 0 Å². The summed E-state index contributed by atoms with van der Waals surface area (Å²) in [5.41, 5.74) is 9.60. The van der Waals surface area contributed by atoms with E-state index in [9.17, 15) is 9.18 Å². The second kappa shape index (κ2) is 6.75. The average Bonchev–Trinajstić information content (AvgIpc) is 3.20. The Morgan fingerprint density at radius 2 is 2.04 bits per heavy atom. The summed E-state index contributed by atoms with van der Waals surface area (Å²) in [6, 6.07) is 8.71. The largest absolute Gasteiger partial charge is 0.339 e. The van der Waals surface area contributed by atoms with E-state index >= 15 is 0 Å². The Labute approximate surface area is 156 Å². The first-order valence-electron chi connectivity index (χ1n) is 9.00. The highest BCUT2D eigenvalue weighted by atomic mass is 19.1. The van der Waals surface area contributed by atoms with Gasteiger partial charge in [0.1, 0.15) is 17.5 Å². The van der Waals surface area contributed by atoms with E-state index in [-0.39, 0.29) is 29.7 Å². The van der Waals surface area contributed by atoms with Gasteiger partial charge in [0.25, 0.3) is 0 Å². The van der Waals surface area contributed by atoms with E-state index in [1.807, 2.05) is 32.0 Å². The van der Waals surface area contributed by atoms with Crippen LogP contribution in [0.25, 0.3) is 22.3 Å². The van der Waals surface area contributed by atoms with Crippen molar-refractivity contribution < 1.29 is 9.18 Å². The highest BCUT2D eigenvalue weighted by molar-refractivity contribution is 5.97. The quantitative estimate of drug-likeness (QED) is 0.573. The summed E-state index contributed by atoms with van der Waals surface area (Å²) < 4.78 is 13.8. The summed E-state index contributed by atoms with van der Waals surface area (Å²) in [5, 5.41) is 3.77. The maximum Gasteiger partial charge on any atom is 0.243 e. The lowest BCUT2D eigenvalue weighted by Crippen LogP contribution is -2.41. The van der Waals surface area contributed by atoms with Crippen LogP contribution in [0.5, 0.6) is 0 Å². The van der Waals surface area contributed by atoms with Crippen LogP contribution in [0.2, 0.25) is 0 Å². The number of benzene rings is 1. The second-order valence-corrected chi connectivity index (χ2v) is 7.16. The Bertz CT molecular complexity index is 1010. The van der Waals surface area contributed by atoms with Crippen LogP contribution in [0.3, 0.4) is 0 Å². The number of hydrogen-bond donors (Lipinski definition) is 4. The maximum absolute atomic E-state index is 13.8. The summed E-state index contributed by atoms with van der Waals surface area (Å²) in [6.07, 6.45) is 1.62. The molecule has 3 aromatic rings. The van der Waals surface area contributed by atoms with Gasteiger partial charge in [-0.15, -0.1) is 0 Å². The number of carbonyl (C=O) groups is 1. The third kappa shape index (κ3) is 3.20. The van der Waals surface area contributed by atoms with Crippen molar-refractivity contribution in [2.24, 2.45) is 5.92 Å². The van der Waals surface area contributed by atoms with Crippen LogP contribution in [-0.2, 0) is 4.79 Å². The number of pyridine rings is 1. The number of nitrogens with one attached hydrogen (secondary N) is 4. The lowest BCUT2D eigenvalue weighted by Gasteiger charge is -2.15. The number of hydrogen-bond acceptors (Lipinski definition) is 4. The van der Waals surface area contributed by atoms with E-state index in [0.717, 1.165) is 16.6 Å². The number of aromatic amines is 1. The molecule has 1 amide bonds. The Hall–Kier alpha value is -2.77. The number of halogens is 1. The van der Waals surface area contributed by atoms with Gasteiger partial charge < -0.3 is 10.3 Å². The molecule has 1 saturated heterocycles. The number of aromatic nitrogens is 2. The first-order valence-corrected chi connectivity index (χ1v) is 9.00. The van der Waals surface area contributed by atoms with Crippen LogP contribution in [0.1, 0.15) is 19.4 Å². The maximum atomic E-state index is 13.8. The molecule has 27 heavy (non-hydrogen) atoms. The van der Waals surface area contributed by atoms with Crippen molar-refractivity contribution in [1.82, 2.24) is 20.8 Å². The molecular formula is C20H22FN5O. The molecule has 3 heterocycles. The lowest BCUT2D eigenvalue weighted by molar-refractivity contribution is -0.118. The Morgan fingerprint density at radius 1 is 1.22 bits per heavy atom. The van der Waals surface area contributed by atoms with Gasteiger partial charge in [0.15, 0.2) is 0 Å². The Balaban J connectivity index is 1.60. The normalized spacial score (nSPS) is 22.3. The minimum atomic E-state index is -0.299. The molecule has 0 spiro atoms. The molecule has 1 aliphatic heterocycles. The van der Waals surface area contributed by atoms with Crippen molar-refractivity contribution in [2.45, 2.75) is 32.9 Å². The molecule has 7 heteroatoms. The number of anilines is 1. The minimum absolute atomic E-state index is 0.0998. The van der Waals surface area contributed by atoms with Crippen LogP contribution in [-0.4, -0.2) is 28.0 Å². The molecule has 1 aliphatic rings. The molecule has 0 radical (unpaired) electrons. The van der Waals surface area contributed by atoms with Crippen LogP contribution in [0.4, 0.5) is 10.1 Å². The lowest BCUT2D eigenvalue weighted by atomic mass is 9.97. The average molecular weight is 367 g/mol. The van der Waals surface area contributed by atoms with Gasteiger partial charge in [0.2, 0.25) is 5.91 Å². The number of H-pyrrole nitrogens is 1. The van der Waals surface area contributed by atoms with Crippen LogP contribution >= 0.6 is 0 Å². The molecule has 2 aromatic heterocycles. The molecular weight excluding hydrogens is 345 g/mol. The third-order valence-electron chi connectivity index (χ3n) is 5.36. The van der Waals surface area contributed by atoms with Gasteiger partial charge in [-0.3, -0.25) is 10.2 Å². The highest BCUT2D eigenvalue weighted by Gasteiger charge is 2.34. The van der Waals surface area contributed by atoms with E-state index < -0.39 is 0 Å². The molecule has 6 nitrogen and oxygen atoms in total. The van der Waals surface area contributed by atoms with Gasteiger partial charge >= 0.3 is 0 Å². The van der Waals surface area contributed by atoms with E-state index in [1.54, 1.807) is 19.2 Å². The standard InChI is InChI=1S/C20H22FN5O/c1-10-12(3)25-26-18(10)20(27)23-14-7-13-8-17(24-19(13)22-9-14)15-5-4-6-16(21)11(15)2/h4-10,12,18,25-26H,1-3H3,(H,22,24)(H,23,27). The smallest absolute Gasteiger partial charge is 0.243 e. The number of rotatable bonds is 3. The topological polar surface area (TPSA) is 81.8 Å². The summed E-state index contributed by atoms with van der Waals surface area (Å²) >= 11 is 0. The first kappa shape index (κ1) is 17.6. The fourth-order valence-corrected chi connectivity index (χ4v) is 3.43. The van der Waals surface area contributed by atoms with E-state index in [2.05, 4.69) is 26.1 Å². The van der Waals surface area contributed by atoms with Gasteiger partial charge in [0, 0.05) is 22.7 Å². The third-order valence-corrected chi connectivity index (χ3v) is 5.36. The zero-order chi connectivity index (χ0) is 19.1. The molecule has 1 aromatic carbocycles. The van der Waals surface area contributed by atoms with Gasteiger partial charge in [-0.05, 0) is 43.5 Å². The predicted molar refractivity (Wildman–Crippen MR) is 104 cm³/mol. The number of fused-ring (bicyclic) bond motifs is 1. The monoisotopic (exact) mass is 367 g/mol. The minimum Gasteiger partial charge on any atom is -0.339 e. The molecule has 1 fully saturated rings. The van der Waals surface area contributed by atoms with Gasteiger partial charge in [0.05, 0.1) is 11.9 Å². The van der Waals surface area contributed by atoms with Crippen LogP contribution < -0.4 is 16.2 Å². The Morgan fingerprint density at radius 3 is 2.78 bits per heavy atom. The summed E-state index contributed by atoms with van der Waals surface area (Å²) in [6.45, 7) is 5.82. The number of nitrogens with zero attached hydrogens (tertiary/aromatic N) is 1. The molecule has 3 unspecified atom stereocenters. The molecule has 0 aliphatic carbocycles.